The molecule has 0 radical (unpaired) electrons. The molecule has 98 valence electrons. The minimum Gasteiger partial charge on any atom is -0.497 e. The number of ketones is 2. The minimum absolute atomic E-state index is 0.0507. The van der Waals surface area contributed by atoms with E-state index in [1.807, 2.05) is 6.92 Å². The Balaban J connectivity index is 2.83. The summed E-state index contributed by atoms with van der Waals surface area (Å²) in [7, 11) is 1.59. The molecule has 3 nitrogen and oxygen atoms in total. The lowest BCUT2D eigenvalue weighted by Crippen LogP contribution is -2.17. The normalized spacial score (nSPS) is 11.9. The molecule has 0 aliphatic rings. The van der Waals surface area contributed by atoms with Crippen LogP contribution in [0.5, 0.6) is 5.75 Å². The number of ether oxygens (including phenoxy) is 1. The van der Waals surface area contributed by atoms with Gasteiger partial charge in [0.05, 0.1) is 7.11 Å². The first-order chi connectivity index (χ1) is 8.58. The van der Waals surface area contributed by atoms with Gasteiger partial charge in [0.1, 0.15) is 11.5 Å². The van der Waals surface area contributed by atoms with Crippen molar-refractivity contribution in [3.05, 3.63) is 29.8 Å². The molecule has 18 heavy (non-hydrogen) atoms. The van der Waals surface area contributed by atoms with E-state index in [0.29, 0.717) is 12.0 Å². The second kappa shape index (κ2) is 6.94. The van der Waals surface area contributed by atoms with Crippen molar-refractivity contribution < 1.29 is 14.3 Å². The molecule has 1 rings (SSSR count). The topological polar surface area (TPSA) is 43.4 Å². The van der Waals surface area contributed by atoms with Crippen LogP contribution in [0.3, 0.4) is 0 Å². The SMILES string of the molecule is CCCC(CC(C)=O)C(=O)c1ccc(OC)cc1. The van der Waals surface area contributed by atoms with E-state index >= 15 is 0 Å². The molecule has 0 amide bonds. The van der Waals surface area contributed by atoms with E-state index in [1.54, 1.807) is 31.4 Å². The molecule has 0 saturated heterocycles. The van der Waals surface area contributed by atoms with Crippen LogP contribution in [0.15, 0.2) is 24.3 Å². The Labute approximate surface area is 108 Å². The van der Waals surface area contributed by atoms with Crippen LogP contribution in [0.2, 0.25) is 0 Å². The molecule has 1 aromatic carbocycles. The quantitative estimate of drug-likeness (QED) is 0.695. The first kappa shape index (κ1) is 14.4. The standard InChI is InChI=1S/C15H20O3/c1-4-5-13(10-11(2)16)15(17)12-6-8-14(18-3)9-7-12/h6-9,13H,4-5,10H2,1-3H3. The van der Waals surface area contributed by atoms with Gasteiger partial charge in [0, 0.05) is 17.9 Å². The molecule has 1 aromatic rings. The second-order valence-electron chi connectivity index (χ2n) is 4.48. The van der Waals surface area contributed by atoms with Crippen molar-refractivity contribution in [1.82, 2.24) is 0 Å². The van der Waals surface area contributed by atoms with E-state index in [0.717, 1.165) is 18.6 Å². The van der Waals surface area contributed by atoms with E-state index in [4.69, 9.17) is 4.74 Å². The maximum Gasteiger partial charge on any atom is 0.166 e. The fourth-order valence-corrected chi connectivity index (χ4v) is 2.01. The van der Waals surface area contributed by atoms with E-state index in [9.17, 15) is 9.59 Å². The molecule has 0 aliphatic carbocycles. The van der Waals surface area contributed by atoms with Crippen LogP contribution in [-0.4, -0.2) is 18.7 Å². The molecule has 0 heterocycles. The highest BCUT2D eigenvalue weighted by atomic mass is 16.5. The third-order valence-corrected chi connectivity index (χ3v) is 2.92. The Morgan fingerprint density at radius 3 is 2.28 bits per heavy atom. The maximum absolute atomic E-state index is 12.3. The van der Waals surface area contributed by atoms with Crippen molar-refractivity contribution >= 4 is 11.6 Å². The molecule has 0 spiro atoms. The molecular formula is C15H20O3. The van der Waals surface area contributed by atoms with Gasteiger partial charge in [-0.25, -0.2) is 0 Å². The highest BCUT2D eigenvalue weighted by molar-refractivity contribution is 5.99. The monoisotopic (exact) mass is 248 g/mol. The number of carbonyl (C=O) groups is 2. The molecule has 1 atom stereocenters. The average Bonchev–Trinajstić information content (AvgIpc) is 2.37. The molecule has 0 bridgehead atoms. The van der Waals surface area contributed by atoms with Gasteiger partial charge in [-0.15, -0.1) is 0 Å². The summed E-state index contributed by atoms with van der Waals surface area (Å²) in [4.78, 5) is 23.5. The van der Waals surface area contributed by atoms with Gasteiger partial charge in [-0.3, -0.25) is 4.79 Å². The molecule has 0 saturated carbocycles. The summed E-state index contributed by atoms with van der Waals surface area (Å²) in [6, 6.07) is 7.04. The Morgan fingerprint density at radius 2 is 1.83 bits per heavy atom. The summed E-state index contributed by atoms with van der Waals surface area (Å²) in [5.41, 5.74) is 0.649. The smallest absolute Gasteiger partial charge is 0.166 e. The zero-order valence-corrected chi connectivity index (χ0v) is 11.2. The number of methoxy groups -OCH3 is 1. The van der Waals surface area contributed by atoms with Gasteiger partial charge >= 0.3 is 0 Å². The fraction of sp³-hybridized carbons (Fsp3) is 0.467. The van der Waals surface area contributed by atoms with Crippen molar-refractivity contribution in [3.8, 4) is 5.75 Å². The maximum atomic E-state index is 12.3. The number of benzene rings is 1. The average molecular weight is 248 g/mol. The zero-order valence-electron chi connectivity index (χ0n) is 11.2. The van der Waals surface area contributed by atoms with Crippen LogP contribution in [0.25, 0.3) is 0 Å². The van der Waals surface area contributed by atoms with Crippen LogP contribution in [0, 0.1) is 5.92 Å². The van der Waals surface area contributed by atoms with Crippen LogP contribution in [0.4, 0.5) is 0 Å². The predicted molar refractivity (Wildman–Crippen MR) is 71.0 cm³/mol. The number of Topliss-reactive ketones (excluding diaryl/α,β-unsaturated/α-hetero) is 2. The van der Waals surface area contributed by atoms with E-state index in [1.165, 1.54) is 6.92 Å². The second-order valence-corrected chi connectivity index (χ2v) is 4.48. The lowest BCUT2D eigenvalue weighted by molar-refractivity contribution is -0.117. The van der Waals surface area contributed by atoms with Crippen molar-refractivity contribution in [2.24, 2.45) is 5.92 Å². The predicted octanol–water partition coefficient (Wildman–Crippen LogP) is 3.27. The summed E-state index contributed by atoms with van der Waals surface area (Å²) in [5, 5.41) is 0. The number of hydrogen-bond donors (Lipinski definition) is 0. The fourth-order valence-electron chi connectivity index (χ4n) is 2.01. The minimum atomic E-state index is -0.194. The summed E-state index contributed by atoms with van der Waals surface area (Å²) < 4.78 is 5.06. The Morgan fingerprint density at radius 1 is 1.22 bits per heavy atom. The molecule has 1 unspecified atom stereocenters. The zero-order chi connectivity index (χ0) is 13.5. The van der Waals surface area contributed by atoms with E-state index in [-0.39, 0.29) is 17.5 Å². The largest absolute Gasteiger partial charge is 0.497 e. The van der Waals surface area contributed by atoms with Crippen molar-refractivity contribution in [3.63, 3.8) is 0 Å². The lowest BCUT2D eigenvalue weighted by atomic mass is 9.89. The third kappa shape index (κ3) is 3.99. The van der Waals surface area contributed by atoms with Gasteiger partial charge < -0.3 is 9.53 Å². The number of hydrogen-bond acceptors (Lipinski definition) is 3. The van der Waals surface area contributed by atoms with Crippen molar-refractivity contribution in [1.29, 1.82) is 0 Å². The van der Waals surface area contributed by atoms with Crippen LogP contribution >= 0.6 is 0 Å². The van der Waals surface area contributed by atoms with Crippen molar-refractivity contribution in [2.45, 2.75) is 33.1 Å². The van der Waals surface area contributed by atoms with Gasteiger partial charge in [-0.05, 0) is 37.6 Å². The molecular weight excluding hydrogens is 228 g/mol. The molecule has 0 aromatic heterocycles. The Kier molecular flexibility index (Phi) is 5.56. The Hall–Kier alpha value is -1.64. The summed E-state index contributed by atoms with van der Waals surface area (Å²) >= 11 is 0. The first-order valence-corrected chi connectivity index (χ1v) is 6.26. The van der Waals surface area contributed by atoms with Gasteiger partial charge in [0.2, 0.25) is 0 Å². The Bertz CT molecular complexity index is 406. The number of carbonyl (C=O) groups excluding carboxylic acids is 2. The van der Waals surface area contributed by atoms with Crippen LogP contribution in [0.1, 0.15) is 43.5 Å². The molecule has 0 aliphatic heterocycles. The van der Waals surface area contributed by atoms with Crippen LogP contribution < -0.4 is 4.74 Å². The highest BCUT2D eigenvalue weighted by Crippen LogP contribution is 2.20. The summed E-state index contributed by atoms with van der Waals surface area (Å²) in [6.45, 7) is 3.55. The third-order valence-electron chi connectivity index (χ3n) is 2.92. The van der Waals surface area contributed by atoms with Gasteiger partial charge in [-0.1, -0.05) is 13.3 Å². The van der Waals surface area contributed by atoms with Crippen LogP contribution in [-0.2, 0) is 4.79 Å². The highest BCUT2D eigenvalue weighted by Gasteiger charge is 2.20. The van der Waals surface area contributed by atoms with Gasteiger partial charge in [0.15, 0.2) is 5.78 Å². The molecule has 3 heteroatoms. The lowest BCUT2D eigenvalue weighted by Gasteiger charge is -2.13. The first-order valence-electron chi connectivity index (χ1n) is 6.26. The summed E-state index contributed by atoms with van der Waals surface area (Å²) in [6.07, 6.45) is 1.99. The van der Waals surface area contributed by atoms with Gasteiger partial charge in [-0.2, -0.15) is 0 Å². The molecule has 0 fully saturated rings. The van der Waals surface area contributed by atoms with E-state index in [2.05, 4.69) is 0 Å². The number of rotatable bonds is 7. The van der Waals surface area contributed by atoms with Gasteiger partial charge in [0.25, 0.3) is 0 Å². The summed E-state index contributed by atoms with van der Waals surface area (Å²) in [5.74, 6) is 0.649. The van der Waals surface area contributed by atoms with E-state index < -0.39 is 0 Å². The van der Waals surface area contributed by atoms with Crippen molar-refractivity contribution in [2.75, 3.05) is 7.11 Å². The molecule has 0 N–H and O–H groups in total.